The van der Waals surface area contributed by atoms with Crippen LogP contribution in [-0.2, 0) is 0 Å². The predicted molar refractivity (Wildman–Crippen MR) is 69.2 cm³/mol. The maximum atomic E-state index is 12.4. The number of aliphatic hydroxyl groups excluding tert-OH is 1. The van der Waals surface area contributed by atoms with E-state index in [4.69, 9.17) is 16.2 Å². The van der Waals surface area contributed by atoms with E-state index in [1.54, 1.807) is 24.3 Å². The van der Waals surface area contributed by atoms with Crippen LogP contribution in [0.15, 0.2) is 24.3 Å². The molecular formula is C13H14F3IN3O2-. The molecule has 0 radical (unpaired) electrons. The third kappa shape index (κ3) is 4.09. The summed E-state index contributed by atoms with van der Waals surface area (Å²) in [6, 6.07) is 5.55. The monoisotopic (exact) mass is 428 g/mol. The Morgan fingerprint density at radius 2 is 2.00 bits per heavy atom. The predicted octanol–water partition coefficient (Wildman–Crippen LogP) is -1.54. The number of primary amides is 1. The number of rotatable bonds is 4. The van der Waals surface area contributed by atoms with Crippen LogP contribution in [0, 0.1) is 5.41 Å². The molecule has 1 aliphatic rings. The number of amides is 2. The van der Waals surface area contributed by atoms with Crippen molar-refractivity contribution in [3.63, 3.8) is 0 Å². The van der Waals surface area contributed by atoms with E-state index in [1.807, 2.05) is 0 Å². The van der Waals surface area contributed by atoms with Crippen molar-refractivity contribution in [2.45, 2.75) is 16.2 Å². The number of nitrogens with zero attached hydrogens (tertiary/aromatic N) is 1. The van der Waals surface area contributed by atoms with Gasteiger partial charge in [0.2, 0.25) is 0 Å². The minimum absolute atomic E-state index is 0.225. The molecule has 1 aromatic rings. The minimum atomic E-state index is -4.88. The first-order valence-corrected chi connectivity index (χ1v) is 9.05. The van der Waals surface area contributed by atoms with Gasteiger partial charge in [-0.3, -0.25) is 0 Å². The number of urea groups is 1. The number of benzene rings is 1. The number of amidine groups is 1. The average molecular weight is 428 g/mol. The summed E-state index contributed by atoms with van der Waals surface area (Å²) in [5.41, 5.74) is 6.44. The molecule has 1 heterocycles. The van der Waals surface area contributed by atoms with Gasteiger partial charge < -0.3 is 0 Å². The number of alkyl halides is 5. The second kappa shape index (κ2) is 6.41. The summed E-state index contributed by atoms with van der Waals surface area (Å²) in [6.07, 6.45) is -7.64. The zero-order chi connectivity index (χ0) is 16.5. The zero-order valence-corrected chi connectivity index (χ0v) is 13.4. The number of aliphatic hydroxyl groups is 1. The van der Waals surface area contributed by atoms with Gasteiger partial charge in [0.25, 0.3) is 0 Å². The Balaban J connectivity index is 2.13. The topological polar surface area (TPSA) is 90.4 Å². The molecule has 9 heteroatoms. The summed E-state index contributed by atoms with van der Waals surface area (Å²) in [7, 11) is 0. The van der Waals surface area contributed by atoms with Crippen LogP contribution in [0.25, 0.3) is 0 Å². The fourth-order valence-electron chi connectivity index (χ4n) is 1.80. The molecule has 0 saturated carbocycles. The summed E-state index contributed by atoms with van der Waals surface area (Å²) in [4.78, 5) is 11.7. The molecule has 0 aliphatic carbocycles. The maximum absolute atomic E-state index is 12.4. The molecular weight excluding hydrogens is 414 g/mol. The van der Waals surface area contributed by atoms with Crippen molar-refractivity contribution in [1.82, 2.24) is 4.90 Å². The van der Waals surface area contributed by atoms with Crippen LogP contribution >= 0.6 is 0 Å². The van der Waals surface area contributed by atoms with Gasteiger partial charge in [-0.2, -0.15) is 0 Å². The Labute approximate surface area is 135 Å². The number of carbonyl (C=O) groups excluding carboxylic acids is 1. The first kappa shape index (κ1) is 17.0. The number of nitrogens with two attached hydrogens (primary N) is 1. The van der Waals surface area contributed by atoms with Crippen molar-refractivity contribution >= 4 is 11.9 Å². The molecule has 4 N–H and O–H groups in total. The molecule has 1 aromatic carbocycles. The average Bonchev–Trinajstić information content (AvgIpc) is 3.27. The van der Waals surface area contributed by atoms with E-state index < -0.39 is 30.7 Å². The second-order valence-electron chi connectivity index (χ2n) is 4.75. The first-order chi connectivity index (χ1) is 10.2. The molecule has 1 saturated heterocycles. The molecule has 1 fully saturated rings. The van der Waals surface area contributed by atoms with Gasteiger partial charge in [0.05, 0.1) is 0 Å². The SMILES string of the molecule is N=C(c1ccc(C2C[I-]2)cc1)N(C[C@H](O)C(F)(F)F)C(N)=O. The zero-order valence-electron chi connectivity index (χ0n) is 11.3. The van der Waals surface area contributed by atoms with E-state index in [-0.39, 0.29) is 26.8 Å². The van der Waals surface area contributed by atoms with Gasteiger partial charge in [-0.25, -0.2) is 0 Å². The van der Waals surface area contributed by atoms with Gasteiger partial charge in [0.15, 0.2) is 0 Å². The molecule has 2 atom stereocenters. The van der Waals surface area contributed by atoms with E-state index in [0.29, 0.717) is 8.82 Å². The fourth-order valence-corrected chi connectivity index (χ4v) is 3.48. The third-order valence-electron chi connectivity index (χ3n) is 3.12. The van der Waals surface area contributed by atoms with Crippen LogP contribution < -0.4 is 26.9 Å². The van der Waals surface area contributed by atoms with Gasteiger partial charge in [0.1, 0.15) is 0 Å². The van der Waals surface area contributed by atoms with Crippen molar-refractivity contribution in [3.05, 3.63) is 35.4 Å². The summed E-state index contributed by atoms with van der Waals surface area (Å²) in [5, 5.41) is 16.9. The van der Waals surface area contributed by atoms with Crippen molar-refractivity contribution in [3.8, 4) is 0 Å². The Morgan fingerprint density at radius 1 is 1.45 bits per heavy atom. The molecule has 2 rings (SSSR count). The Kier molecular flexibility index (Phi) is 4.95. The van der Waals surface area contributed by atoms with Gasteiger partial charge in [-0.1, -0.05) is 0 Å². The van der Waals surface area contributed by atoms with Gasteiger partial charge in [-0.15, -0.1) is 0 Å². The Hall–Kier alpha value is -1.36. The molecule has 1 unspecified atom stereocenters. The van der Waals surface area contributed by atoms with Gasteiger partial charge >= 0.3 is 135 Å². The van der Waals surface area contributed by atoms with Crippen LogP contribution in [0.2, 0.25) is 0 Å². The quantitative estimate of drug-likeness (QED) is 0.235. The normalized spacial score (nSPS) is 19.0. The summed E-state index contributed by atoms with van der Waals surface area (Å²) >= 11 is 0.225. The van der Waals surface area contributed by atoms with Gasteiger partial charge in [0, 0.05) is 0 Å². The number of hydrogen-bond donors (Lipinski definition) is 3. The van der Waals surface area contributed by atoms with E-state index in [2.05, 4.69) is 0 Å². The van der Waals surface area contributed by atoms with Crippen LogP contribution in [-0.4, -0.2) is 45.1 Å². The molecule has 5 nitrogen and oxygen atoms in total. The van der Waals surface area contributed by atoms with Crippen molar-refractivity contribution in [2.24, 2.45) is 5.73 Å². The van der Waals surface area contributed by atoms with E-state index in [1.165, 1.54) is 4.43 Å². The van der Waals surface area contributed by atoms with Crippen LogP contribution in [0.1, 0.15) is 15.1 Å². The third-order valence-corrected chi connectivity index (χ3v) is 5.60. The molecule has 22 heavy (non-hydrogen) atoms. The summed E-state index contributed by atoms with van der Waals surface area (Å²) < 4.78 is 39.0. The van der Waals surface area contributed by atoms with Gasteiger partial charge in [-0.05, 0) is 0 Å². The molecule has 0 spiro atoms. The molecule has 122 valence electrons. The standard InChI is InChI=1S/C13H14F3IN3O2/c14-13(15,16)10(21)6-20(12(19)22)11(18)8-3-1-7(2-4-8)9-5-17-9/h1-4,9-10,18,21H,5-6H2,(H2,19,22)/q-1/t9?,10-/m0/s1. The first-order valence-electron chi connectivity index (χ1n) is 6.28. The number of carbonyl (C=O) groups is 1. The molecule has 2 amide bonds. The van der Waals surface area contributed by atoms with Crippen molar-refractivity contribution in [1.29, 1.82) is 5.41 Å². The van der Waals surface area contributed by atoms with Crippen LogP contribution in [0.4, 0.5) is 18.0 Å². The van der Waals surface area contributed by atoms with E-state index in [0.717, 1.165) is 5.56 Å². The van der Waals surface area contributed by atoms with Crippen molar-refractivity contribution < 1.29 is 44.3 Å². The molecule has 0 bridgehead atoms. The molecule has 0 aromatic heterocycles. The Bertz CT molecular complexity index is 573. The number of nitrogens with one attached hydrogen (secondary N) is 1. The fraction of sp³-hybridized carbons (Fsp3) is 0.385. The Morgan fingerprint density at radius 3 is 2.41 bits per heavy atom. The van der Waals surface area contributed by atoms with Crippen LogP contribution in [0.3, 0.4) is 0 Å². The number of halogens is 4. The van der Waals surface area contributed by atoms with E-state index in [9.17, 15) is 18.0 Å². The second-order valence-corrected chi connectivity index (χ2v) is 8.02. The van der Waals surface area contributed by atoms with Crippen molar-refractivity contribution in [2.75, 3.05) is 11.0 Å². The van der Waals surface area contributed by atoms with E-state index >= 15 is 0 Å². The number of hydrogen-bond acceptors (Lipinski definition) is 3. The van der Waals surface area contributed by atoms with Crippen LogP contribution in [0.5, 0.6) is 0 Å². The summed E-state index contributed by atoms with van der Waals surface area (Å²) in [6.45, 7) is -1.10. The molecule has 1 aliphatic heterocycles. The summed E-state index contributed by atoms with van der Waals surface area (Å²) in [5.74, 6) is -0.465.